The zero-order valence-electron chi connectivity index (χ0n) is 13.6. The molecule has 8 heteroatoms. The summed E-state index contributed by atoms with van der Waals surface area (Å²) in [5, 5.41) is 0. The van der Waals surface area contributed by atoms with Crippen molar-refractivity contribution in [3.63, 3.8) is 0 Å². The van der Waals surface area contributed by atoms with E-state index in [4.69, 9.17) is 18.9 Å². The summed E-state index contributed by atoms with van der Waals surface area (Å²) < 4.78 is 33.0. The maximum Gasteiger partial charge on any atom is 0.329 e. The van der Waals surface area contributed by atoms with Crippen LogP contribution < -0.4 is 18.9 Å². The van der Waals surface area contributed by atoms with Crippen LogP contribution in [-0.4, -0.2) is 37.4 Å². The number of methoxy groups -OCH3 is 2. The van der Waals surface area contributed by atoms with Gasteiger partial charge in [0.2, 0.25) is 0 Å². The molecule has 0 N–H and O–H groups in total. The lowest BCUT2D eigenvalue weighted by Crippen LogP contribution is -2.05. The quantitative estimate of drug-likeness (QED) is 0.684. The van der Waals surface area contributed by atoms with Crippen molar-refractivity contribution in [1.29, 1.82) is 0 Å². The molecule has 1 heterocycles. The normalized spacial score (nSPS) is 10.8. The van der Waals surface area contributed by atoms with Crippen LogP contribution in [-0.2, 0) is 10.7 Å². The van der Waals surface area contributed by atoms with E-state index in [9.17, 15) is 4.57 Å². The minimum absolute atomic E-state index is 0.264. The molecule has 0 fully saturated rings. The number of nitrogens with zero attached hydrogens (tertiary/aromatic N) is 2. The van der Waals surface area contributed by atoms with Crippen LogP contribution in [0.4, 0.5) is 0 Å². The number of rotatable bonds is 8. The average Bonchev–Trinajstić information content (AvgIpc) is 2.57. The molecule has 1 aromatic carbocycles. The minimum Gasteiger partial charge on any atom is -0.493 e. The summed E-state index contributed by atoms with van der Waals surface area (Å²) in [4.78, 5) is 8.84. The molecule has 0 bridgehead atoms. The molecule has 1 atom stereocenters. The van der Waals surface area contributed by atoms with Gasteiger partial charge in [0.05, 0.1) is 33.0 Å². The number of hydrogen-bond donors (Lipinski definition) is 0. The second kappa shape index (κ2) is 7.92. The Balaban J connectivity index is 2.80. The highest BCUT2D eigenvalue weighted by molar-refractivity contribution is 7.22. The molecule has 1 aromatic heterocycles. The van der Waals surface area contributed by atoms with Gasteiger partial charge in [-0.2, -0.15) is 0 Å². The molecule has 0 saturated carbocycles. The number of ether oxygens (including phenoxy) is 4. The van der Waals surface area contributed by atoms with Crippen LogP contribution in [0.1, 0.15) is 19.4 Å². The van der Waals surface area contributed by atoms with E-state index in [1.807, 2.05) is 13.8 Å². The summed E-state index contributed by atoms with van der Waals surface area (Å²) in [6.45, 7) is 4.67. The van der Waals surface area contributed by atoms with Gasteiger partial charge in [0.1, 0.15) is 16.8 Å². The topological polar surface area (TPSA) is 79.8 Å². The summed E-state index contributed by atoms with van der Waals surface area (Å²) in [5.41, 5.74) is 1.81. The standard InChI is InChI=1S/C15H19N2O5P/c1-5-21-11-7-10-12(13(22-6-2)9(11)8-23-18)17-15(20-4)14(16-10)19-3/h7H,5-6,8H2,1-4H3/p+1. The van der Waals surface area contributed by atoms with Crippen LogP contribution in [0.15, 0.2) is 6.07 Å². The van der Waals surface area contributed by atoms with Gasteiger partial charge in [-0.05, 0) is 13.8 Å². The van der Waals surface area contributed by atoms with E-state index >= 15 is 0 Å². The van der Waals surface area contributed by atoms with Crippen LogP contribution in [0.25, 0.3) is 11.0 Å². The smallest absolute Gasteiger partial charge is 0.329 e. The van der Waals surface area contributed by atoms with E-state index in [2.05, 4.69) is 9.97 Å². The summed E-state index contributed by atoms with van der Waals surface area (Å²) in [6, 6.07) is 1.76. The van der Waals surface area contributed by atoms with Crippen molar-refractivity contribution in [2.45, 2.75) is 20.0 Å². The largest absolute Gasteiger partial charge is 0.493 e. The van der Waals surface area contributed by atoms with Crippen molar-refractivity contribution in [2.24, 2.45) is 0 Å². The van der Waals surface area contributed by atoms with Gasteiger partial charge in [-0.25, -0.2) is 9.97 Å². The molecule has 0 aliphatic rings. The second-order valence-electron chi connectivity index (χ2n) is 4.48. The Labute approximate surface area is 136 Å². The van der Waals surface area contributed by atoms with Crippen LogP contribution >= 0.6 is 8.46 Å². The van der Waals surface area contributed by atoms with Crippen LogP contribution in [0.5, 0.6) is 23.3 Å². The monoisotopic (exact) mass is 339 g/mol. The van der Waals surface area contributed by atoms with Crippen molar-refractivity contribution in [2.75, 3.05) is 27.4 Å². The summed E-state index contributed by atoms with van der Waals surface area (Å²) in [6.07, 6.45) is 0.316. The van der Waals surface area contributed by atoms with E-state index in [0.717, 1.165) is 5.56 Å². The van der Waals surface area contributed by atoms with Gasteiger partial charge >= 0.3 is 8.46 Å². The van der Waals surface area contributed by atoms with E-state index in [0.29, 0.717) is 41.9 Å². The molecule has 0 amide bonds. The SMILES string of the molecule is CCOc1cc2nc(OC)c(OC)nc2c(OCC)c1C[PH+]=O. The fraction of sp³-hybridized carbons (Fsp3) is 0.467. The molecule has 124 valence electrons. The maximum absolute atomic E-state index is 11.2. The number of aromatic nitrogens is 2. The molecule has 0 aliphatic heterocycles. The lowest BCUT2D eigenvalue weighted by atomic mass is 10.1. The molecular formula is C15H20N2O5P+. The van der Waals surface area contributed by atoms with Gasteiger partial charge in [-0.15, -0.1) is 0 Å². The van der Waals surface area contributed by atoms with Gasteiger partial charge < -0.3 is 18.9 Å². The Kier molecular flexibility index (Phi) is 5.93. The Morgan fingerprint density at radius 3 is 2.26 bits per heavy atom. The first kappa shape index (κ1) is 17.2. The molecule has 7 nitrogen and oxygen atoms in total. The zero-order chi connectivity index (χ0) is 16.8. The van der Waals surface area contributed by atoms with Gasteiger partial charge in [0.25, 0.3) is 11.8 Å². The summed E-state index contributed by atoms with van der Waals surface area (Å²) in [7, 11) is 2.48. The first-order chi connectivity index (χ1) is 11.2. The van der Waals surface area contributed by atoms with Gasteiger partial charge in [0.15, 0.2) is 11.9 Å². The third kappa shape index (κ3) is 3.45. The Morgan fingerprint density at radius 1 is 1.04 bits per heavy atom. The summed E-state index contributed by atoms with van der Waals surface area (Å²) >= 11 is 0. The Morgan fingerprint density at radius 2 is 1.70 bits per heavy atom. The number of fused-ring (bicyclic) bond motifs is 1. The lowest BCUT2D eigenvalue weighted by molar-refractivity contribution is 0.318. The van der Waals surface area contributed by atoms with Gasteiger partial charge in [0, 0.05) is 6.07 Å². The Bertz CT molecular complexity index is 708. The van der Waals surface area contributed by atoms with Crippen LogP contribution in [0.2, 0.25) is 0 Å². The van der Waals surface area contributed by atoms with E-state index in [-0.39, 0.29) is 11.8 Å². The van der Waals surface area contributed by atoms with Crippen molar-refractivity contribution in [3.05, 3.63) is 11.6 Å². The van der Waals surface area contributed by atoms with Crippen molar-refractivity contribution in [3.8, 4) is 23.3 Å². The molecule has 2 aromatic rings. The van der Waals surface area contributed by atoms with Crippen molar-refractivity contribution >= 4 is 19.5 Å². The molecule has 0 spiro atoms. The average molecular weight is 339 g/mol. The second-order valence-corrected chi connectivity index (χ2v) is 5.12. The molecule has 2 rings (SSSR count). The molecule has 0 saturated heterocycles. The van der Waals surface area contributed by atoms with Crippen molar-refractivity contribution < 1.29 is 23.5 Å². The lowest BCUT2D eigenvalue weighted by Gasteiger charge is -2.15. The minimum atomic E-state index is -0.511. The maximum atomic E-state index is 11.2. The molecule has 0 aliphatic carbocycles. The fourth-order valence-corrected chi connectivity index (χ4v) is 2.72. The highest BCUT2D eigenvalue weighted by atomic mass is 31.1. The van der Waals surface area contributed by atoms with Crippen LogP contribution in [0, 0.1) is 0 Å². The summed E-state index contributed by atoms with van der Waals surface area (Å²) in [5.74, 6) is 1.66. The molecular weight excluding hydrogens is 319 g/mol. The molecule has 1 unspecified atom stereocenters. The fourth-order valence-electron chi connectivity index (χ4n) is 2.24. The zero-order valence-corrected chi connectivity index (χ0v) is 14.6. The first-order valence-corrected chi connectivity index (χ1v) is 8.37. The highest BCUT2D eigenvalue weighted by Crippen LogP contribution is 2.40. The van der Waals surface area contributed by atoms with E-state index in [1.54, 1.807) is 6.07 Å². The van der Waals surface area contributed by atoms with Gasteiger partial charge in [-0.3, -0.25) is 0 Å². The highest BCUT2D eigenvalue weighted by Gasteiger charge is 2.22. The Hall–Kier alpha value is -2.14. The molecule has 23 heavy (non-hydrogen) atoms. The van der Waals surface area contributed by atoms with Crippen molar-refractivity contribution in [1.82, 2.24) is 9.97 Å². The third-order valence-electron chi connectivity index (χ3n) is 3.14. The molecule has 0 radical (unpaired) electrons. The van der Waals surface area contributed by atoms with Gasteiger partial charge in [-0.1, -0.05) is 4.57 Å². The first-order valence-electron chi connectivity index (χ1n) is 7.26. The number of benzene rings is 1. The predicted octanol–water partition coefficient (Wildman–Crippen LogP) is 2.97. The predicted molar refractivity (Wildman–Crippen MR) is 87.7 cm³/mol. The van der Waals surface area contributed by atoms with Crippen LogP contribution in [0.3, 0.4) is 0 Å². The third-order valence-corrected chi connectivity index (χ3v) is 3.64. The van der Waals surface area contributed by atoms with E-state index in [1.165, 1.54) is 14.2 Å². The number of hydrogen-bond acceptors (Lipinski definition) is 7. The van der Waals surface area contributed by atoms with E-state index < -0.39 is 8.46 Å².